The highest BCUT2D eigenvalue weighted by atomic mass is 16.3. The van der Waals surface area contributed by atoms with Crippen LogP contribution in [0.25, 0.3) is 0 Å². The largest absolute Gasteiger partial charge is 0.448 e. The van der Waals surface area contributed by atoms with Gasteiger partial charge in [0.2, 0.25) is 0 Å². The minimum atomic E-state index is -0.0916. The van der Waals surface area contributed by atoms with Crippen molar-refractivity contribution in [1.29, 1.82) is 0 Å². The Labute approximate surface area is 147 Å². The number of hydrogen-bond donors (Lipinski definition) is 0. The molecule has 0 N–H and O–H groups in total. The van der Waals surface area contributed by atoms with Crippen molar-refractivity contribution in [3.8, 4) is 0 Å². The minimum absolute atomic E-state index is 0.0319. The molecule has 2 aliphatic rings. The van der Waals surface area contributed by atoms with Crippen LogP contribution in [0.3, 0.4) is 0 Å². The molecule has 0 saturated carbocycles. The quantitative estimate of drug-likeness (QED) is 0.850. The van der Waals surface area contributed by atoms with Crippen molar-refractivity contribution in [2.75, 3.05) is 19.6 Å². The summed E-state index contributed by atoms with van der Waals surface area (Å²) in [6, 6.07) is -0.0319. The Hall–Kier alpha value is -2.28. The average Bonchev–Trinajstić information content (AvgIpc) is 3.36. The normalized spacial score (nSPS) is 21.2. The molecule has 2 aromatic heterocycles. The predicted molar refractivity (Wildman–Crippen MR) is 90.8 cm³/mol. The lowest BCUT2D eigenvalue weighted by Gasteiger charge is -2.23. The molecule has 7 heteroatoms. The first-order chi connectivity index (χ1) is 12.2. The van der Waals surface area contributed by atoms with Crippen molar-refractivity contribution in [2.24, 2.45) is 0 Å². The summed E-state index contributed by atoms with van der Waals surface area (Å²) in [7, 11) is 0. The van der Waals surface area contributed by atoms with E-state index in [1.54, 1.807) is 13.1 Å². The molecule has 0 aromatic carbocycles. The van der Waals surface area contributed by atoms with Crippen LogP contribution >= 0.6 is 0 Å². The smallest absolute Gasteiger partial charge is 0.276 e. The van der Waals surface area contributed by atoms with Crippen molar-refractivity contribution in [3.63, 3.8) is 0 Å². The molecule has 2 aromatic rings. The van der Waals surface area contributed by atoms with Gasteiger partial charge in [-0.25, -0.2) is 4.98 Å². The molecule has 7 nitrogen and oxygen atoms in total. The number of hydrogen-bond acceptors (Lipinski definition) is 6. The Balaban J connectivity index is 1.52. The van der Waals surface area contributed by atoms with Crippen LogP contribution in [0.2, 0.25) is 0 Å². The van der Waals surface area contributed by atoms with Gasteiger partial charge >= 0.3 is 0 Å². The third-order valence-electron chi connectivity index (χ3n) is 4.98. The van der Waals surface area contributed by atoms with Crippen LogP contribution in [0.1, 0.15) is 59.5 Å². The first-order valence-corrected chi connectivity index (χ1v) is 8.97. The standard InChI is InChI=1S/C18H23N5O2/c1-13-20-16(12-25-13)18(24)23-8-4-5-17(23)15-10-19-9-14(21-15)11-22-6-2-3-7-22/h9-10,12,17H,2-8,11H2,1H3/t17-/m0/s1. The highest BCUT2D eigenvalue weighted by molar-refractivity contribution is 5.92. The van der Waals surface area contributed by atoms with Gasteiger partial charge in [-0.2, -0.15) is 0 Å². The van der Waals surface area contributed by atoms with Gasteiger partial charge in [-0.15, -0.1) is 0 Å². The van der Waals surface area contributed by atoms with Gasteiger partial charge in [-0.3, -0.25) is 19.7 Å². The minimum Gasteiger partial charge on any atom is -0.448 e. The molecular weight excluding hydrogens is 318 g/mol. The Morgan fingerprint density at radius 3 is 2.80 bits per heavy atom. The maximum atomic E-state index is 12.8. The molecule has 0 aliphatic carbocycles. The molecule has 0 bridgehead atoms. The van der Waals surface area contributed by atoms with Gasteiger partial charge in [0, 0.05) is 26.2 Å². The molecule has 1 atom stereocenters. The fourth-order valence-corrected chi connectivity index (χ4v) is 3.76. The molecule has 4 rings (SSSR count). The first-order valence-electron chi connectivity index (χ1n) is 8.97. The van der Waals surface area contributed by atoms with Crippen LogP contribution in [-0.2, 0) is 6.54 Å². The molecule has 0 radical (unpaired) electrons. The third kappa shape index (κ3) is 3.42. The van der Waals surface area contributed by atoms with Gasteiger partial charge in [0.05, 0.1) is 23.6 Å². The number of aromatic nitrogens is 3. The summed E-state index contributed by atoms with van der Waals surface area (Å²) < 4.78 is 5.19. The van der Waals surface area contributed by atoms with E-state index in [1.807, 2.05) is 11.1 Å². The fraction of sp³-hybridized carbons (Fsp3) is 0.556. The van der Waals surface area contributed by atoms with Crippen molar-refractivity contribution >= 4 is 5.91 Å². The summed E-state index contributed by atoms with van der Waals surface area (Å²) in [5.74, 6) is 0.414. The molecule has 4 heterocycles. The maximum Gasteiger partial charge on any atom is 0.276 e. The van der Waals surface area contributed by atoms with E-state index in [0.717, 1.165) is 43.9 Å². The number of carbonyl (C=O) groups excluding carboxylic acids is 1. The van der Waals surface area contributed by atoms with Crippen LogP contribution < -0.4 is 0 Å². The Kier molecular flexibility index (Phi) is 4.48. The number of rotatable bonds is 4. The van der Waals surface area contributed by atoms with Gasteiger partial charge in [-0.1, -0.05) is 0 Å². The monoisotopic (exact) mass is 341 g/mol. The van der Waals surface area contributed by atoms with Crippen molar-refractivity contribution in [3.05, 3.63) is 41.6 Å². The third-order valence-corrected chi connectivity index (χ3v) is 4.98. The van der Waals surface area contributed by atoms with E-state index in [2.05, 4.69) is 14.9 Å². The van der Waals surface area contributed by atoms with E-state index in [9.17, 15) is 4.79 Å². The van der Waals surface area contributed by atoms with E-state index in [4.69, 9.17) is 9.40 Å². The van der Waals surface area contributed by atoms with E-state index in [1.165, 1.54) is 19.1 Å². The van der Waals surface area contributed by atoms with Gasteiger partial charge in [-0.05, 0) is 38.8 Å². The Bertz CT molecular complexity index is 753. The van der Waals surface area contributed by atoms with Gasteiger partial charge < -0.3 is 9.32 Å². The highest BCUT2D eigenvalue weighted by Gasteiger charge is 2.33. The molecule has 0 unspecified atom stereocenters. The summed E-state index contributed by atoms with van der Waals surface area (Å²) in [5.41, 5.74) is 2.23. The maximum absolute atomic E-state index is 12.8. The van der Waals surface area contributed by atoms with Crippen molar-refractivity contribution in [1.82, 2.24) is 24.8 Å². The van der Waals surface area contributed by atoms with Gasteiger partial charge in [0.15, 0.2) is 11.6 Å². The van der Waals surface area contributed by atoms with E-state index >= 15 is 0 Å². The number of oxazole rings is 1. The summed E-state index contributed by atoms with van der Waals surface area (Å²) in [5, 5.41) is 0. The molecule has 2 aliphatic heterocycles. The number of aryl methyl sites for hydroxylation is 1. The van der Waals surface area contributed by atoms with Crippen LogP contribution in [0, 0.1) is 6.92 Å². The fourth-order valence-electron chi connectivity index (χ4n) is 3.76. The summed E-state index contributed by atoms with van der Waals surface area (Å²) >= 11 is 0. The Morgan fingerprint density at radius 2 is 2.04 bits per heavy atom. The number of amides is 1. The Morgan fingerprint density at radius 1 is 1.20 bits per heavy atom. The second-order valence-corrected chi connectivity index (χ2v) is 6.83. The molecule has 0 spiro atoms. The predicted octanol–water partition coefficient (Wildman–Crippen LogP) is 2.35. The number of nitrogens with zero attached hydrogens (tertiary/aromatic N) is 5. The SMILES string of the molecule is Cc1nc(C(=O)N2CCC[C@H]2c2cncc(CN3CCCC3)n2)co1. The highest BCUT2D eigenvalue weighted by Crippen LogP contribution is 2.32. The molecule has 132 valence electrons. The van der Waals surface area contributed by atoms with E-state index in [-0.39, 0.29) is 11.9 Å². The summed E-state index contributed by atoms with van der Waals surface area (Å²) in [6.45, 7) is 5.56. The average molecular weight is 341 g/mol. The zero-order valence-corrected chi connectivity index (χ0v) is 14.5. The zero-order valence-electron chi connectivity index (χ0n) is 14.5. The number of carbonyl (C=O) groups is 1. The van der Waals surface area contributed by atoms with E-state index in [0.29, 0.717) is 18.1 Å². The van der Waals surface area contributed by atoms with Crippen LogP contribution in [0.15, 0.2) is 23.1 Å². The lowest BCUT2D eigenvalue weighted by atomic mass is 10.1. The second kappa shape index (κ2) is 6.92. The number of likely N-dealkylation sites (tertiary alicyclic amines) is 2. The molecule has 2 saturated heterocycles. The van der Waals surface area contributed by atoms with Gasteiger partial charge in [0.25, 0.3) is 5.91 Å². The molecule has 1 amide bonds. The van der Waals surface area contributed by atoms with Crippen LogP contribution in [0.4, 0.5) is 0 Å². The van der Waals surface area contributed by atoms with Crippen molar-refractivity contribution in [2.45, 2.75) is 45.2 Å². The zero-order chi connectivity index (χ0) is 17.2. The summed E-state index contributed by atoms with van der Waals surface area (Å²) in [4.78, 5) is 30.4. The second-order valence-electron chi connectivity index (χ2n) is 6.83. The lowest BCUT2D eigenvalue weighted by molar-refractivity contribution is 0.0726. The van der Waals surface area contributed by atoms with Crippen LogP contribution in [-0.4, -0.2) is 50.3 Å². The molecular formula is C18H23N5O2. The van der Waals surface area contributed by atoms with Crippen LogP contribution in [0.5, 0.6) is 0 Å². The lowest BCUT2D eigenvalue weighted by Crippen LogP contribution is -2.31. The topological polar surface area (TPSA) is 75.4 Å². The molecule has 25 heavy (non-hydrogen) atoms. The van der Waals surface area contributed by atoms with Gasteiger partial charge in [0.1, 0.15) is 6.26 Å². The summed E-state index contributed by atoms with van der Waals surface area (Å²) in [6.07, 6.45) is 9.45. The van der Waals surface area contributed by atoms with Crippen molar-refractivity contribution < 1.29 is 9.21 Å². The first kappa shape index (κ1) is 16.2. The van der Waals surface area contributed by atoms with E-state index < -0.39 is 0 Å². The molecule has 2 fully saturated rings.